The molecular weight excluding hydrogens is 312 g/mol. The van der Waals surface area contributed by atoms with Crippen LogP contribution in [0.5, 0.6) is 0 Å². The first-order valence-corrected chi connectivity index (χ1v) is 9.01. The van der Waals surface area contributed by atoms with Crippen molar-refractivity contribution in [1.82, 2.24) is 15.1 Å². The fourth-order valence-corrected chi connectivity index (χ4v) is 3.59. The molecule has 1 aliphatic heterocycles. The maximum absolute atomic E-state index is 12.3. The molecule has 0 bridgehead atoms. The number of carbonyl (C=O) groups is 2. The molecule has 23 heavy (non-hydrogen) atoms. The van der Waals surface area contributed by atoms with Gasteiger partial charge in [0, 0.05) is 25.9 Å². The van der Waals surface area contributed by atoms with Crippen molar-refractivity contribution in [1.29, 1.82) is 0 Å². The number of hydrogen-bond acceptors (Lipinski definition) is 5. The van der Waals surface area contributed by atoms with Gasteiger partial charge in [0.2, 0.25) is 16.9 Å². The Morgan fingerprint density at radius 3 is 2.78 bits per heavy atom. The number of nitrogens with one attached hydrogen (secondary N) is 1. The number of carbonyl (C=O) groups excluding carboxylic acids is 2. The Labute approximate surface area is 141 Å². The molecule has 6 nitrogen and oxygen atoms in total. The minimum atomic E-state index is -0.283. The molecule has 2 heterocycles. The summed E-state index contributed by atoms with van der Waals surface area (Å²) in [6, 6.07) is 0. The van der Waals surface area contributed by atoms with E-state index in [1.165, 1.54) is 11.3 Å². The first-order chi connectivity index (χ1) is 10.8. The number of likely N-dealkylation sites (tertiary alicyclic amines) is 1. The van der Waals surface area contributed by atoms with Crippen LogP contribution in [0.1, 0.15) is 52.0 Å². The molecule has 0 unspecified atom stereocenters. The predicted octanol–water partition coefficient (Wildman–Crippen LogP) is 2.71. The smallest absolute Gasteiger partial charge is 0.231 e. The lowest BCUT2D eigenvalue weighted by Gasteiger charge is -2.15. The molecule has 1 atom stereocenters. The molecule has 1 saturated heterocycles. The normalized spacial score (nSPS) is 18.5. The molecule has 1 aromatic rings. The van der Waals surface area contributed by atoms with Crippen LogP contribution in [0.25, 0.3) is 0 Å². The third-order valence-electron chi connectivity index (χ3n) is 3.75. The molecule has 1 N–H and O–H groups in total. The monoisotopic (exact) mass is 338 g/mol. The molecule has 0 aliphatic carbocycles. The van der Waals surface area contributed by atoms with E-state index in [1.54, 1.807) is 4.90 Å². The van der Waals surface area contributed by atoms with Crippen LogP contribution in [-0.4, -0.2) is 40.0 Å². The van der Waals surface area contributed by atoms with Gasteiger partial charge < -0.3 is 10.2 Å². The summed E-state index contributed by atoms with van der Waals surface area (Å²) >= 11 is 1.41. The first-order valence-electron chi connectivity index (χ1n) is 8.19. The van der Waals surface area contributed by atoms with Crippen LogP contribution >= 0.6 is 11.3 Å². The Morgan fingerprint density at radius 1 is 1.39 bits per heavy atom. The third-order valence-corrected chi connectivity index (χ3v) is 4.58. The highest BCUT2D eigenvalue weighted by Crippen LogP contribution is 2.26. The lowest BCUT2D eigenvalue weighted by molar-refractivity contribution is -0.128. The summed E-state index contributed by atoms with van der Waals surface area (Å²) in [5, 5.41) is 12.4. The van der Waals surface area contributed by atoms with Crippen molar-refractivity contribution in [3.05, 3.63) is 5.01 Å². The number of rotatable bonds is 6. The molecule has 128 valence electrons. The minimum Gasteiger partial charge on any atom is -0.342 e. The minimum absolute atomic E-state index is 0.0734. The van der Waals surface area contributed by atoms with E-state index in [0.717, 1.165) is 30.8 Å². The maximum atomic E-state index is 12.3. The van der Waals surface area contributed by atoms with Crippen LogP contribution in [0, 0.1) is 11.3 Å². The molecule has 7 heteroatoms. The quantitative estimate of drug-likeness (QED) is 0.865. The second-order valence-corrected chi connectivity index (χ2v) is 8.38. The Hall–Kier alpha value is -1.50. The van der Waals surface area contributed by atoms with E-state index in [4.69, 9.17) is 0 Å². The van der Waals surface area contributed by atoms with E-state index >= 15 is 0 Å². The molecule has 0 saturated carbocycles. The van der Waals surface area contributed by atoms with Crippen molar-refractivity contribution < 1.29 is 9.59 Å². The maximum Gasteiger partial charge on any atom is 0.231 e. The number of hydrogen-bond donors (Lipinski definition) is 1. The summed E-state index contributed by atoms with van der Waals surface area (Å²) in [5.74, 6) is -0.339. The standard InChI is InChI=1S/C16H26N4O2S/c1-5-6-7-20-10-11(8-13(20)21)14(22)17-15-19-18-12(23-15)9-16(2,3)4/h11H,5-10H2,1-4H3,(H,17,19,22)/t11-/m0/s1. The number of anilines is 1. The number of aromatic nitrogens is 2. The Morgan fingerprint density at radius 2 is 2.13 bits per heavy atom. The van der Waals surface area contributed by atoms with Gasteiger partial charge in [-0.15, -0.1) is 10.2 Å². The second-order valence-electron chi connectivity index (χ2n) is 7.32. The van der Waals surface area contributed by atoms with E-state index in [2.05, 4.69) is 43.2 Å². The van der Waals surface area contributed by atoms with Gasteiger partial charge in [0.05, 0.1) is 5.92 Å². The van der Waals surface area contributed by atoms with E-state index in [-0.39, 0.29) is 23.1 Å². The zero-order valence-corrected chi connectivity index (χ0v) is 15.2. The average Bonchev–Trinajstić information content (AvgIpc) is 3.01. The molecule has 0 aromatic carbocycles. The van der Waals surface area contributed by atoms with Crippen molar-refractivity contribution in [3.63, 3.8) is 0 Å². The fraction of sp³-hybridized carbons (Fsp3) is 0.750. The Kier molecular flexibility index (Phi) is 5.73. The summed E-state index contributed by atoms with van der Waals surface area (Å²) in [4.78, 5) is 26.0. The molecular formula is C16H26N4O2S. The van der Waals surface area contributed by atoms with E-state index in [9.17, 15) is 9.59 Å². The summed E-state index contributed by atoms with van der Waals surface area (Å²) in [5.41, 5.74) is 0.137. The highest BCUT2D eigenvalue weighted by atomic mass is 32.1. The SMILES string of the molecule is CCCCN1C[C@@H](C(=O)Nc2nnc(CC(C)(C)C)s2)CC1=O. The number of unbranched alkanes of at least 4 members (excludes halogenated alkanes) is 1. The first kappa shape index (κ1) is 17.8. The summed E-state index contributed by atoms with van der Waals surface area (Å²) in [6.07, 6.45) is 3.14. The van der Waals surface area contributed by atoms with Gasteiger partial charge in [-0.25, -0.2) is 0 Å². The highest BCUT2D eigenvalue weighted by Gasteiger charge is 2.34. The van der Waals surface area contributed by atoms with Crippen LogP contribution in [0.2, 0.25) is 0 Å². The van der Waals surface area contributed by atoms with Gasteiger partial charge in [0.15, 0.2) is 0 Å². The Bertz CT molecular complexity index is 565. The fourth-order valence-electron chi connectivity index (χ4n) is 2.55. The van der Waals surface area contributed by atoms with Gasteiger partial charge in [0.1, 0.15) is 5.01 Å². The van der Waals surface area contributed by atoms with Gasteiger partial charge in [-0.05, 0) is 11.8 Å². The molecule has 2 amide bonds. The topological polar surface area (TPSA) is 75.2 Å². The summed E-state index contributed by atoms with van der Waals surface area (Å²) in [7, 11) is 0. The van der Waals surface area contributed by atoms with Crippen molar-refractivity contribution >= 4 is 28.3 Å². The van der Waals surface area contributed by atoms with E-state index in [0.29, 0.717) is 18.1 Å². The third kappa shape index (κ3) is 5.27. The summed E-state index contributed by atoms with van der Waals surface area (Å²) < 4.78 is 0. The van der Waals surface area contributed by atoms with Gasteiger partial charge >= 0.3 is 0 Å². The largest absolute Gasteiger partial charge is 0.342 e. The van der Waals surface area contributed by atoms with Crippen molar-refractivity contribution in [2.75, 3.05) is 18.4 Å². The van der Waals surface area contributed by atoms with Crippen LogP contribution in [0.15, 0.2) is 0 Å². The number of nitrogens with zero attached hydrogens (tertiary/aromatic N) is 3. The second kappa shape index (κ2) is 7.38. The zero-order valence-electron chi connectivity index (χ0n) is 14.4. The predicted molar refractivity (Wildman–Crippen MR) is 91.3 cm³/mol. The highest BCUT2D eigenvalue weighted by molar-refractivity contribution is 7.15. The Balaban J connectivity index is 1.89. The van der Waals surface area contributed by atoms with Crippen LogP contribution < -0.4 is 5.32 Å². The zero-order chi connectivity index (χ0) is 17.0. The van der Waals surface area contributed by atoms with Gasteiger partial charge in [0.25, 0.3) is 0 Å². The van der Waals surface area contributed by atoms with Gasteiger partial charge in [-0.2, -0.15) is 0 Å². The van der Waals surface area contributed by atoms with Crippen LogP contribution in [-0.2, 0) is 16.0 Å². The molecule has 1 fully saturated rings. The molecule has 1 aliphatic rings. The van der Waals surface area contributed by atoms with Crippen molar-refractivity contribution in [3.8, 4) is 0 Å². The molecule has 0 radical (unpaired) electrons. The summed E-state index contributed by atoms with van der Waals surface area (Å²) in [6.45, 7) is 9.77. The van der Waals surface area contributed by atoms with Gasteiger partial charge in [-0.3, -0.25) is 9.59 Å². The molecule has 1 aromatic heterocycles. The lowest BCUT2D eigenvalue weighted by Crippen LogP contribution is -2.29. The van der Waals surface area contributed by atoms with Crippen LogP contribution in [0.3, 0.4) is 0 Å². The van der Waals surface area contributed by atoms with Crippen molar-refractivity contribution in [2.24, 2.45) is 11.3 Å². The van der Waals surface area contributed by atoms with E-state index < -0.39 is 0 Å². The van der Waals surface area contributed by atoms with E-state index in [1.807, 2.05) is 0 Å². The average molecular weight is 338 g/mol. The van der Waals surface area contributed by atoms with Crippen molar-refractivity contribution in [2.45, 2.75) is 53.4 Å². The van der Waals surface area contributed by atoms with Crippen LogP contribution in [0.4, 0.5) is 5.13 Å². The number of amides is 2. The lowest BCUT2D eigenvalue weighted by atomic mass is 9.93. The molecule has 2 rings (SSSR count). The molecule has 0 spiro atoms. The van der Waals surface area contributed by atoms with Gasteiger partial charge in [-0.1, -0.05) is 45.5 Å².